The smallest absolute Gasteiger partial charge is 0.0547 e. The fourth-order valence-electron chi connectivity index (χ4n) is 3.38. The number of nitrogens with two attached hydrogens (primary N) is 2. The molecular weight excluding hydrogens is 354 g/mol. The summed E-state index contributed by atoms with van der Waals surface area (Å²) in [4.78, 5) is 3.58. The number of nitrogen functional groups attached to an aromatic ring is 2. The molecule has 0 aliphatic heterocycles. The van der Waals surface area contributed by atoms with Gasteiger partial charge in [0.2, 0.25) is 0 Å². The standard InChI is InChI=1S/C20H15N.C6H8N2/c1-3-9-15(10-4-1)19-17-13-7-8-14-18(17)21-20(19)16-11-5-2-6-12-16;7-5-3-1-2-4-6(5)8/h1-14,21H;1-4H,7-8H2. The van der Waals surface area contributed by atoms with Gasteiger partial charge in [-0.15, -0.1) is 0 Å². The van der Waals surface area contributed by atoms with E-state index in [-0.39, 0.29) is 0 Å². The van der Waals surface area contributed by atoms with E-state index in [4.69, 9.17) is 11.5 Å². The highest BCUT2D eigenvalue weighted by molar-refractivity contribution is 6.03. The molecule has 0 aliphatic carbocycles. The van der Waals surface area contributed by atoms with Crippen molar-refractivity contribution in [3.8, 4) is 22.4 Å². The number of hydrogen-bond acceptors (Lipinski definition) is 2. The lowest BCUT2D eigenvalue weighted by atomic mass is 9.98. The van der Waals surface area contributed by atoms with E-state index in [0.717, 1.165) is 0 Å². The van der Waals surface area contributed by atoms with Gasteiger partial charge in [-0.3, -0.25) is 0 Å². The van der Waals surface area contributed by atoms with Gasteiger partial charge in [0, 0.05) is 16.5 Å². The minimum Gasteiger partial charge on any atom is -0.397 e. The number of para-hydroxylation sites is 3. The number of rotatable bonds is 2. The van der Waals surface area contributed by atoms with Crippen LogP contribution in [0.1, 0.15) is 0 Å². The zero-order chi connectivity index (χ0) is 20.1. The molecule has 3 heteroatoms. The summed E-state index contributed by atoms with van der Waals surface area (Å²) in [7, 11) is 0. The molecule has 1 heterocycles. The van der Waals surface area contributed by atoms with Crippen LogP contribution >= 0.6 is 0 Å². The second-order valence-corrected chi connectivity index (χ2v) is 6.78. The topological polar surface area (TPSA) is 67.8 Å². The summed E-state index contributed by atoms with van der Waals surface area (Å²) in [6.07, 6.45) is 0. The highest BCUT2D eigenvalue weighted by Crippen LogP contribution is 2.37. The lowest BCUT2D eigenvalue weighted by molar-refractivity contribution is 1.45. The molecule has 5 aromatic rings. The lowest BCUT2D eigenvalue weighted by Crippen LogP contribution is -1.91. The number of H-pyrrole nitrogens is 1. The van der Waals surface area contributed by atoms with Crippen molar-refractivity contribution < 1.29 is 0 Å². The molecule has 29 heavy (non-hydrogen) atoms. The van der Waals surface area contributed by atoms with Crippen LogP contribution in [0.15, 0.2) is 109 Å². The molecule has 0 saturated heterocycles. The maximum Gasteiger partial charge on any atom is 0.0547 e. The number of aromatic nitrogens is 1. The second kappa shape index (κ2) is 8.36. The third kappa shape index (κ3) is 3.99. The van der Waals surface area contributed by atoms with Crippen LogP contribution in [0, 0.1) is 0 Å². The number of benzene rings is 4. The monoisotopic (exact) mass is 377 g/mol. The van der Waals surface area contributed by atoms with Gasteiger partial charge in [0.1, 0.15) is 0 Å². The summed E-state index contributed by atoms with van der Waals surface area (Å²) >= 11 is 0. The van der Waals surface area contributed by atoms with Gasteiger partial charge in [0.05, 0.1) is 17.1 Å². The van der Waals surface area contributed by atoms with Crippen molar-refractivity contribution in [3.63, 3.8) is 0 Å². The Kier molecular flexibility index (Phi) is 5.30. The van der Waals surface area contributed by atoms with Gasteiger partial charge >= 0.3 is 0 Å². The fourth-order valence-corrected chi connectivity index (χ4v) is 3.38. The molecule has 0 bridgehead atoms. The number of nitrogens with one attached hydrogen (secondary N) is 1. The quantitative estimate of drug-likeness (QED) is 0.314. The van der Waals surface area contributed by atoms with Crippen LogP contribution in [-0.4, -0.2) is 4.98 Å². The highest BCUT2D eigenvalue weighted by atomic mass is 14.7. The molecule has 0 saturated carbocycles. The Morgan fingerprint density at radius 3 is 1.55 bits per heavy atom. The van der Waals surface area contributed by atoms with Crippen LogP contribution < -0.4 is 11.5 Å². The van der Waals surface area contributed by atoms with Crippen molar-refractivity contribution in [2.75, 3.05) is 11.5 Å². The normalized spacial score (nSPS) is 10.3. The first kappa shape index (κ1) is 18.4. The Hall–Kier alpha value is -3.98. The Labute approximate surface area is 170 Å². The summed E-state index contributed by atoms with van der Waals surface area (Å²) in [6, 6.07) is 36.8. The van der Waals surface area contributed by atoms with E-state index in [1.807, 2.05) is 18.2 Å². The maximum absolute atomic E-state index is 5.39. The second-order valence-electron chi connectivity index (χ2n) is 6.78. The average Bonchev–Trinajstić information content (AvgIpc) is 3.17. The van der Waals surface area contributed by atoms with Crippen LogP contribution in [0.3, 0.4) is 0 Å². The summed E-state index contributed by atoms with van der Waals surface area (Å²) < 4.78 is 0. The lowest BCUT2D eigenvalue weighted by Gasteiger charge is -2.05. The van der Waals surface area contributed by atoms with Crippen LogP contribution in [-0.2, 0) is 0 Å². The predicted molar refractivity (Wildman–Crippen MR) is 124 cm³/mol. The zero-order valence-corrected chi connectivity index (χ0v) is 16.0. The molecule has 0 unspecified atom stereocenters. The summed E-state index contributed by atoms with van der Waals surface area (Å²) in [5, 5.41) is 1.27. The van der Waals surface area contributed by atoms with Crippen molar-refractivity contribution in [2.45, 2.75) is 0 Å². The van der Waals surface area contributed by atoms with Crippen LogP contribution in [0.4, 0.5) is 11.4 Å². The van der Waals surface area contributed by atoms with Crippen molar-refractivity contribution >= 4 is 22.3 Å². The van der Waals surface area contributed by atoms with Gasteiger partial charge < -0.3 is 16.5 Å². The van der Waals surface area contributed by atoms with E-state index in [1.54, 1.807) is 12.1 Å². The van der Waals surface area contributed by atoms with E-state index in [0.29, 0.717) is 11.4 Å². The fraction of sp³-hybridized carbons (Fsp3) is 0. The molecule has 0 aliphatic rings. The highest BCUT2D eigenvalue weighted by Gasteiger charge is 2.13. The minimum atomic E-state index is 0.646. The zero-order valence-electron chi connectivity index (χ0n) is 16.0. The number of hydrogen-bond donors (Lipinski definition) is 3. The van der Waals surface area contributed by atoms with Gasteiger partial charge in [-0.25, -0.2) is 0 Å². The molecule has 0 radical (unpaired) electrons. The van der Waals surface area contributed by atoms with Crippen molar-refractivity contribution in [3.05, 3.63) is 109 Å². The van der Waals surface area contributed by atoms with Gasteiger partial charge in [0.25, 0.3) is 0 Å². The molecule has 0 fully saturated rings. The summed E-state index contributed by atoms with van der Waals surface area (Å²) in [6.45, 7) is 0. The molecule has 3 nitrogen and oxygen atoms in total. The summed E-state index contributed by atoms with van der Waals surface area (Å²) in [5.74, 6) is 0. The van der Waals surface area contributed by atoms with Crippen molar-refractivity contribution in [1.29, 1.82) is 0 Å². The number of anilines is 2. The van der Waals surface area contributed by atoms with Crippen molar-refractivity contribution in [2.24, 2.45) is 0 Å². The van der Waals surface area contributed by atoms with E-state index >= 15 is 0 Å². The number of aromatic amines is 1. The van der Waals surface area contributed by atoms with Gasteiger partial charge in [-0.2, -0.15) is 0 Å². The SMILES string of the molecule is Nc1ccccc1N.c1ccc(-c2[nH]c3ccccc3c2-c2ccccc2)cc1. The number of fused-ring (bicyclic) bond motifs is 1. The van der Waals surface area contributed by atoms with E-state index in [2.05, 4.69) is 83.8 Å². The average molecular weight is 377 g/mol. The summed E-state index contributed by atoms with van der Waals surface area (Å²) in [5.41, 5.74) is 18.2. The largest absolute Gasteiger partial charge is 0.397 e. The molecule has 5 N–H and O–H groups in total. The molecular formula is C26H23N3. The predicted octanol–water partition coefficient (Wildman–Crippen LogP) is 6.35. The molecule has 0 amide bonds. The third-order valence-electron chi connectivity index (χ3n) is 4.83. The molecule has 142 valence electrons. The van der Waals surface area contributed by atoms with Gasteiger partial charge in [0.15, 0.2) is 0 Å². The van der Waals surface area contributed by atoms with Gasteiger partial charge in [-0.05, 0) is 29.3 Å². The van der Waals surface area contributed by atoms with E-state index in [9.17, 15) is 0 Å². The Morgan fingerprint density at radius 2 is 0.966 bits per heavy atom. The first-order valence-corrected chi connectivity index (χ1v) is 9.55. The molecule has 0 spiro atoms. The first-order valence-electron chi connectivity index (χ1n) is 9.55. The van der Waals surface area contributed by atoms with Crippen LogP contribution in [0.25, 0.3) is 33.3 Å². The van der Waals surface area contributed by atoms with E-state index in [1.165, 1.54) is 33.3 Å². The Balaban J connectivity index is 0.000000216. The van der Waals surface area contributed by atoms with Crippen LogP contribution in [0.5, 0.6) is 0 Å². The third-order valence-corrected chi connectivity index (χ3v) is 4.83. The Bertz CT molecular complexity index is 1190. The molecule has 4 aromatic carbocycles. The van der Waals surface area contributed by atoms with Gasteiger partial charge in [-0.1, -0.05) is 91.0 Å². The molecule has 1 aromatic heterocycles. The first-order chi connectivity index (χ1) is 14.2. The Morgan fingerprint density at radius 1 is 0.483 bits per heavy atom. The van der Waals surface area contributed by atoms with E-state index < -0.39 is 0 Å². The maximum atomic E-state index is 5.39. The van der Waals surface area contributed by atoms with Crippen molar-refractivity contribution in [1.82, 2.24) is 4.98 Å². The minimum absolute atomic E-state index is 0.646. The van der Waals surface area contributed by atoms with Crippen LogP contribution in [0.2, 0.25) is 0 Å². The molecule has 0 atom stereocenters. The molecule has 5 rings (SSSR count).